The highest BCUT2D eigenvalue weighted by atomic mass is 16.5. The number of aryl methyl sites for hydroxylation is 1. The quantitative estimate of drug-likeness (QED) is 0.527. The molecule has 7 heteroatoms. The summed E-state index contributed by atoms with van der Waals surface area (Å²) in [5.74, 6) is -0.733. The van der Waals surface area contributed by atoms with Crippen molar-refractivity contribution < 1.29 is 23.9 Å². The molecule has 33 heavy (non-hydrogen) atoms. The van der Waals surface area contributed by atoms with Crippen molar-refractivity contribution >= 4 is 23.5 Å². The molecule has 0 saturated carbocycles. The van der Waals surface area contributed by atoms with Crippen LogP contribution in [0.4, 0.5) is 5.69 Å². The molecule has 0 unspecified atom stereocenters. The maximum atomic E-state index is 12.7. The van der Waals surface area contributed by atoms with Crippen molar-refractivity contribution in [1.29, 1.82) is 0 Å². The van der Waals surface area contributed by atoms with E-state index >= 15 is 0 Å². The fraction of sp³-hybridized carbons (Fsp3) is 0.192. The molecule has 3 rings (SSSR count). The van der Waals surface area contributed by atoms with Crippen LogP contribution in [0, 0.1) is 6.92 Å². The zero-order valence-electron chi connectivity index (χ0n) is 18.8. The van der Waals surface area contributed by atoms with Gasteiger partial charge in [-0.1, -0.05) is 48.0 Å². The molecule has 0 aromatic heterocycles. The SMILES string of the molecule is COc1ccccc1CN(C)C(=O)COC(=O)c1ccccc1NC(=O)c1cccc(C)c1. The van der Waals surface area contributed by atoms with Gasteiger partial charge in [-0.2, -0.15) is 0 Å². The first-order valence-corrected chi connectivity index (χ1v) is 10.4. The summed E-state index contributed by atoms with van der Waals surface area (Å²) in [6, 6.07) is 21.0. The van der Waals surface area contributed by atoms with Gasteiger partial charge in [0.05, 0.1) is 18.4 Å². The Morgan fingerprint density at radius 3 is 2.42 bits per heavy atom. The van der Waals surface area contributed by atoms with Crippen molar-refractivity contribution in [2.45, 2.75) is 13.5 Å². The third kappa shape index (κ3) is 6.20. The smallest absolute Gasteiger partial charge is 0.340 e. The average Bonchev–Trinajstić information content (AvgIpc) is 2.83. The van der Waals surface area contributed by atoms with E-state index in [4.69, 9.17) is 9.47 Å². The van der Waals surface area contributed by atoms with Gasteiger partial charge in [-0.3, -0.25) is 9.59 Å². The lowest BCUT2D eigenvalue weighted by molar-refractivity contribution is -0.133. The number of esters is 1. The molecule has 3 aromatic rings. The third-order valence-corrected chi connectivity index (χ3v) is 5.03. The number of rotatable bonds is 8. The summed E-state index contributed by atoms with van der Waals surface area (Å²) >= 11 is 0. The topological polar surface area (TPSA) is 84.9 Å². The molecule has 3 aromatic carbocycles. The molecule has 1 N–H and O–H groups in total. The predicted octanol–water partition coefficient (Wildman–Crippen LogP) is 4.07. The van der Waals surface area contributed by atoms with Crippen LogP contribution in [0.25, 0.3) is 0 Å². The van der Waals surface area contributed by atoms with Crippen molar-refractivity contribution in [3.05, 3.63) is 95.1 Å². The number of nitrogens with one attached hydrogen (secondary N) is 1. The van der Waals surface area contributed by atoms with Crippen molar-refractivity contribution in [3.8, 4) is 5.75 Å². The summed E-state index contributed by atoms with van der Waals surface area (Å²) in [6.45, 7) is 1.78. The number of methoxy groups -OCH3 is 1. The molecular weight excluding hydrogens is 420 g/mol. The highest BCUT2D eigenvalue weighted by Gasteiger charge is 2.18. The van der Waals surface area contributed by atoms with Crippen LogP contribution >= 0.6 is 0 Å². The molecular formula is C26H26N2O5. The van der Waals surface area contributed by atoms with E-state index in [9.17, 15) is 14.4 Å². The Bertz CT molecular complexity index is 1160. The number of likely N-dealkylation sites (N-methyl/N-ethyl adjacent to an activating group) is 1. The lowest BCUT2D eigenvalue weighted by Gasteiger charge is -2.19. The van der Waals surface area contributed by atoms with E-state index < -0.39 is 12.6 Å². The van der Waals surface area contributed by atoms with E-state index in [2.05, 4.69) is 5.32 Å². The summed E-state index contributed by atoms with van der Waals surface area (Å²) in [5, 5.41) is 2.74. The number of nitrogens with zero attached hydrogens (tertiary/aromatic N) is 1. The second-order valence-electron chi connectivity index (χ2n) is 7.51. The summed E-state index contributed by atoms with van der Waals surface area (Å²) in [4.78, 5) is 39.2. The van der Waals surface area contributed by atoms with E-state index in [0.29, 0.717) is 23.5 Å². The highest BCUT2D eigenvalue weighted by Crippen LogP contribution is 2.20. The Hall–Kier alpha value is -4.13. The van der Waals surface area contributed by atoms with Crippen molar-refractivity contribution in [3.63, 3.8) is 0 Å². The fourth-order valence-electron chi connectivity index (χ4n) is 3.24. The fourth-order valence-corrected chi connectivity index (χ4v) is 3.24. The first-order chi connectivity index (χ1) is 15.9. The van der Waals surface area contributed by atoms with Crippen LogP contribution in [0.5, 0.6) is 5.75 Å². The summed E-state index contributed by atoms with van der Waals surface area (Å²) < 4.78 is 10.5. The number of benzene rings is 3. The van der Waals surface area contributed by atoms with Crippen LogP contribution in [0.1, 0.15) is 31.8 Å². The minimum Gasteiger partial charge on any atom is -0.496 e. The van der Waals surface area contributed by atoms with Gasteiger partial charge in [0, 0.05) is 24.7 Å². The van der Waals surface area contributed by atoms with E-state index in [1.165, 1.54) is 11.0 Å². The minimum absolute atomic E-state index is 0.165. The molecule has 0 aliphatic carbocycles. The lowest BCUT2D eigenvalue weighted by atomic mass is 10.1. The van der Waals surface area contributed by atoms with Gasteiger partial charge in [-0.05, 0) is 37.3 Å². The van der Waals surface area contributed by atoms with Gasteiger partial charge >= 0.3 is 5.97 Å². The number of carbonyl (C=O) groups excluding carboxylic acids is 3. The molecule has 0 bridgehead atoms. The first-order valence-electron chi connectivity index (χ1n) is 10.4. The van der Waals surface area contributed by atoms with Gasteiger partial charge in [0.1, 0.15) is 5.75 Å². The molecule has 170 valence electrons. The van der Waals surface area contributed by atoms with Crippen LogP contribution < -0.4 is 10.1 Å². The number of anilines is 1. The van der Waals surface area contributed by atoms with Gasteiger partial charge < -0.3 is 19.7 Å². The Morgan fingerprint density at radius 1 is 0.939 bits per heavy atom. The van der Waals surface area contributed by atoms with Gasteiger partial charge in [0.2, 0.25) is 0 Å². The highest BCUT2D eigenvalue weighted by molar-refractivity contribution is 6.08. The van der Waals surface area contributed by atoms with Gasteiger partial charge in [0.25, 0.3) is 11.8 Å². The van der Waals surface area contributed by atoms with Gasteiger partial charge in [0.15, 0.2) is 6.61 Å². The van der Waals surface area contributed by atoms with Gasteiger partial charge in [-0.25, -0.2) is 4.79 Å². The van der Waals surface area contributed by atoms with Crippen LogP contribution in [0.15, 0.2) is 72.8 Å². The Balaban J connectivity index is 1.62. The normalized spacial score (nSPS) is 10.3. The molecule has 0 saturated heterocycles. The molecule has 0 aliphatic heterocycles. The summed E-state index contributed by atoms with van der Waals surface area (Å²) in [5.41, 5.74) is 2.74. The Morgan fingerprint density at radius 2 is 1.67 bits per heavy atom. The summed E-state index contributed by atoms with van der Waals surface area (Å²) in [6.07, 6.45) is 0. The van der Waals surface area contributed by atoms with E-state index in [-0.39, 0.29) is 17.4 Å². The number of carbonyl (C=O) groups is 3. The standard InChI is InChI=1S/C26H26N2O5/c1-18-9-8-11-19(15-18)25(30)27-22-13-6-5-12-21(22)26(31)33-17-24(29)28(2)16-20-10-4-7-14-23(20)32-3/h4-15H,16-17H2,1-3H3,(H,27,30). The zero-order valence-corrected chi connectivity index (χ0v) is 18.8. The van der Waals surface area contributed by atoms with E-state index in [0.717, 1.165) is 11.1 Å². The van der Waals surface area contributed by atoms with Crippen LogP contribution in [0.3, 0.4) is 0 Å². The minimum atomic E-state index is -0.700. The monoisotopic (exact) mass is 446 g/mol. The second kappa shape index (κ2) is 10.9. The number of amides is 2. The number of hydrogen-bond acceptors (Lipinski definition) is 5. The Labute approximate surface area is 192 Å². The molecule has 0 spiro atoms. The molecule has 0 fully saturated rings. The largest absolute Gasteiger partial charge is 0.496 e. The number of para-hydroxylation sites is 2. The molecule has 0 aliphatic rings. The molecule has 2 amide bonds. The molecule has 7 nitrogen and oxygen atoms in total. The summed E-state index contributed by atoms with van der Waals surface area (Å²) in [7, 11) is 3.19. The van der Waals surface area contributed by atoms with E-state index in [1.807, 2.05) is 37.3 Å². The Kier molecular flexibility index (Phi) is 7.81. The third-order valence-electron chi connectivity index (χ3n) is 5.03. The zero-order chi connectivity index (χ0) is 23.8. The number of hydrogen-bond donors (Lipinski definition) is 1. The van der Waals surface area contributed by atoms with Crippen molar-refractivity contribution in [2.24, 2.45) is 0 Å². The maximum absolute atomic E-state index is 12.7. The number of ether oxygens (including phenoxy) is 2. The van der Waals surface area contributed by atoms with Crippen LogP contribution in [-0.2, 0) is 16.1 Å². The molecule has 0 atom stereocenters. The maximum Gasteiger partial charge on any atom is 0.340 e. The predicted molar refractivity (Wildman–Crippen MR) is 125 cm³/mol. The lowest BCUT2D eigenvalue weighted by Crippen LogP contribution is -2.31. The van der Waals surface area contributed by atoms with Crippen LogP contribution in [0.2, 0.25) is 0 Å². The van der Waals surface area contributed by atoms with Crippen LogP contribution in [-0.4, -0.2) is 43.4 Å². The molecule has 0 radical (unpaired) electrons. The molecule has 0 heterocycles. The van der Waals surface area contributed by atoms with Gasteiger partial charge in [-0.15, -0.1) is 0 Å². The van der Waals surface area contributed by atoms with Crippen molar-refractivity contribution in [2.75, 3.05) is 26.1 Å². The second-order valence-corrected chi connectivity index (χ2v) is 7.51. The van der Waals surface area contributed by atoms with E-state index in [1.54, 1.807) is 50.6 Å². The average molecular weight is 447 g/mol. The van der Waals surface area contributed by atoms with Crippen molar-refractivity contribution in [1.82, 2.24) is 4.90 Å². The first kappa shape index (κ1) is 23.5.